The van der Waals surface area contributed by atoms with Gasteiger partial charge in [0.05, 0.1) is 17.4 Å². The van der Waals surface area contributed by atoms with Crippen LogP contribution in [-0.4, -0.2) is 20.7 Å². The molecule has 0 atom stereocenters. The number of nitrogens with zero attached hydrogens (tertiary/aromatic N) is 3. The van der Waals surface area contributed by atoms with Crippen molar-refractivity contribution in [1.82, 2.24) is 14.8 Å². The number of aromatic nitrogens is 3. The van der Waals surface area contributed by atoms with Gasteiger partial charge in [-0.1, -0.05) is 18.2 Å². The van der Waals surface area contributed by atoms with Crippen molar-refractivity contribution in [3.8, 4) is 0 Å². The van der Waals surface area contributed by atoms with Crippen LogP contribution in [0, 0.1) is 6.92 Å². The smallest absolute Gasteiger partial charge is 0.323 e. The van der Waals surface area contributed by atoms with Crippen molar-refractivity contribution >= 4 is 22.5 Å². The molecule has 2 aromatic heterocycles. The van der Waals surface area contributed by atoms with Crippen LogP contribution in [0.5, 0.6) is 0 Å². The molecule has 3 aromatic rings. The van der Waals surface area contributed by atoms with Crippen LogP contribution in [-0.2, 0) is 17.5 Å². The zero-order valence-corrected chi connectivity index (χ0v) is 12.6. The number of halogens is 3. The van der Waals surface area contributed by atoms with Gasteiger partial charge in [-0.2, -0.15) is 18.3 Å². The number of amides is 1. The van der Waals surface area contributed by atoms with Crippen molar-refractivity contribution in [2.75, 3.05) is 5.32 Å². The van der Waals surface area contributed by atoms with Crippen LogP contribution in [0.3, 0.4) is 0 Å². The molecule has 8 heteroatoms. The Labute approximate surface area is 135 Å². The van der Waals surface area contributed by atoms with Gasteiger partial charge < -0.3 is 5.32 Å². The minimum Gasteiger partial charge on any atom is -0.323 e. The highest BCUT2D eigenvalue weighted by Gasteiger charge is 2.34. The SMILES string of the molecule is Cc1cc(C(F)(F)F)nn1CC(=O)Nc1cnc2ccccc2c1. The molecule has 0 radical (unpaired) electrons. The molecule has 1 aromatic carbocycles. The average Bonchev–Trinajstić information content (AvgIpc) is 2.88. The molecule has 0 saturated carbocycles. The minimum atomic E-state index is -4.53. The highest BCUT2D eigenvalue weighted by atomic mass is 19.4. The molecule has 0 aliphatic carbocycles. The summed E-state index contributed by atoms with van der Waals surface area (Å²) in [5, 5.41) is 6.89. The number of anilines is 1. The number of hydrogen-bond acceptors (Lipinski definition) is 3. The summed E-state index contributed by atoms with van der Waals surface area (Å²) in [6.45, 7) is 1.15. The maximum absolute atomic E-state index is 12.6. The molecule has 2 heterocycles. The van der Waals surface area contributed by atoms with E-state index in [0.29, 0.717) is 5.69 Å². The van der Waals surface area contributed by atoms with Crippen molar-refractivity contribution in [1.29, 1.82) is 0 Å². The fraction of sp³-hybridized carbons (Fsp3) is 0.188. The Morgan fingerprint density at radius 3 is 2.71 bits per heavy atom. The molecule has 0 saturated heterocycles. The number of para-hydroxylation sites is 1. The van der Waals surface area contributed by atoms with Crippen LogP contribution >= 0.6 is 0 Å². The number of nitrogens with one attached hydrogen (secondary N) is 1. The summed E-state index contributed by atoms with van der Waals surface area (Å²) in [5.74, 6) is -0.480. The van der Waals surface area contributed by atoms with E-state index in [2.05, 4.69) is 15.4 Å². The Hall–Kier alpha value is -2.90. The second-order valence-corrected chi connectivity index (χ2v) is 5.29. The van der Waals surface area contributed by atoms with Crippen LogP contribution in [0.1, 0.15) is 11.4 Å². The molecular weight excluding hydrogens is 321 g/mol. The zero-order chi connectivity index (χ0) is 17.3. The summed E-state index contributed by atoms with van der Waals surface area (Å²) in [7, 11) is 0. The van der Waals surface area contributed by atoms with Gasteiger partial charge in [-0.05, 0) is 25.1 Å². The second kappa shape index (κ2) is 5.95. The lowest BCUT2D eigenvalue weighted by atomic mass is 10.2. The molecule has 0 spiro atoms. The quantitative estimate of drug-likeness (QED) is 0.799. The summed E-state index contributed by atoms with van der Waals surface area (Å²) in [6.07, 6.45) is -3.04. The molecule has 0 fully saturated rings. The molecule has 124 valence electrons. The Balaban J connectivity index is 1.74. The molecule has 1 amide bonds. The number of fused-ring (bicyclic) bond motifs is 1. The van der Waals surface area contributed by atoms with Crippen LogP contribution in [0.4, 0.5) is 18.9 Å². The van der Waals surface area contributed by atoms with E-state index in [1.165, 1.54) is 13.1 Å². The lowest BCUT2D eigenvalue weighted by molar-refractivity contribution is -0.141. The minimum absolute atomic E-state index is 0.258. The number of hydrogen-bond donors (Lipinski definition) is 1. The summed E-state index contributed by atoms with van der Waals surface area (Å²) in [5.41, 5.74) is 0.502. The third-order valence-electron chi connectivity index (χ3n) is 3.44. The molecule has 1 N–H and O–H groups in total. The topological polar surface area (TPSA) is 59.8 Å². The number of alkyl halides is 3. The molecule has 3 rings (SSSR count). The average molecular weight is 334 g/mol. The zero-order valence-electron chi connectivity index (χ0n) is 12.6. The van der Waals surface area contributed by atoms with Crippen molar-refractivity contribution in [3.05, 3.63) is 54.0 Å². The maximum Gasteiger partial charge on any atom is 0.435 e. The molecule has 0 aliphatic heterocycles. The predicted molar refractivity (Wildman–Crippen MR) is 82.3 cm³/mol. The first-order valence-corrected chi connectivity index (χ1v) is 7.09. The van der Waals surface area contributed by atoms with Gasteiger partial charge in [0.1, 0.15) is 6.54 Å². The standard InChI is InChI=1S/C16H13F3N4O/c1-10-6-14(16(17,18)19)22-23(10)9-15(24)21-12-7-11-4-2-3-5-13(11)20-8-12/h2-8H,9H2,1H3,(H,21,24). The van der Waals surface area contributed by atoms with Crippen molar-refractivity contribution < 1.29 is 18.0 Å². The molecule has 0 bridgehead atoms. The number of rotatable bonds is 3. The van der Waals surface area contributed by atoms with E-state index in [1.54, 1.807) is 6.07 Å². The number of aryl methyl sites for hydroxylation is 1. The van der Waals surface area contributed by atoms with Crippen molar-refractivity contribution in [2.24, 2.45) is 0 Å². The largest absolute Gasteiger partial charge is 0.435 e. The monoisotopic (exact) mass is 334 g/mol. The third kappa shape index (κ3) is 3.37. The Morgan fingerprint density at radius 1 is 1.25 bits per heavy atom. The van der Waals surface area contributed by atoms with E-state index in [0.717, 1.165) is 21.7 Å². The summed E-state index contributed by atoms with van der Waals surface area (Å²) in [6, 6.07) is 10.0. The third-order valence-corrected chi connectivity index (χ3v) is 3.44. The summed E-state index contributed by atoms with van der Waals surface area (Å²) >= 11 is 0. The van der Waals surface area contributed by atoms with Gasteiger partial charge in [-0.15, -0.1) is 0 Å². The van der Waals surface area contributed by atoms with E-state index in [1.807, 2.05) is 24.3 Å². The Kier molecular flexibility index (Phi) is 3.96. The molecule has 24 heavy (non-hydrogen) atoms. The highest BCUT2D eigenvalue weighted by Crippen LogP contribution is 2.28. The summed E-state index contributed by atoms with van der Waals surface area (Å²) in [4.78, 5) is 16.3. The Morgan fingerprint density at radius 2 is 2.00 bits per heavy atom. The van der Waals surface area contributed by atoms with Crippen molar-refractivity contribution in [2.45, 2.75) is 19.6 Å². The summed E-state index contributed by atoms with van der Waals surface area (Å²) < 4.78 is 38.9. The van der Waals surface area contributed by atoms with Gasteiger partial charge in [0, 0.05) is 11.1 Å². The maximum atomic E-state index is 12.6. The number of benzene rings is 1. The Bertz CT molecular complexity index is 902. The van der Waals surface area contributed by atoms with Gasteiger partial charge in [-0.3, -0.25) is 14.5 Å². The van der Waals surface area contributed by atoms with Gasteiger partial charge in [0.25, 0.3) is 0 Å². The fourth-order valence-corrected chi connectivity index (χ4v) is 2.28. The number of carbonyl (C=O) groups excluding carboxylic acids is 1. The first-order chi connectivity index (χ1) is 11.3. The lowest BCUT2D eigenvalue weighted by Crippen LogP contribution is -2.20. The van der Waals surface area contributed by atoms with Gasteiger partial charge in [-0.25, -0.2) is 0 Å². The molecule has 0 aliphatic rings. The van der Waals surface area contributed by atoms with E-state index in [4.69, 9.17) is 0 Å². The number of pyridine rings is 1. The predicted octanol–water partition coefficient (Wildman–Crippen LogP) is 3.40. The lowest BCUT2D eigenvalue weighted by Gasteiger charge is -2.07. The van der Waals surface area contributed by atoms with Crippen LogP contribution in [0.15, 0.2) is 42.6 Å². The first kappa shape index (κ1) is 16.0. The van der Waals surface area contributed by atoms with Crippen molar-refractivity contribution in [3.63, 3.8) is 0 Å². The first-order valence-electron chi connectivity index (χ1n) is 7.09. The van der Waals surface area contributed by atoms with Gasteiger partial charge >= 0.3 is 6.18 Å². The molecule has 5 nitrogen and oxygen atoms in total. The number of carbonyl (C=O) groups is 1. The van der Waals surface area contributed by atoms with Gasteiger partial charge in [0.2, 0.25) is 5.91 Å². The van der Waals surface area contributed by atoms with E-state index < -0.39 is 17.8 Å². The second-order valence-electron chi connectivity index (χ2n) is 5.29. The molecular formula is C16H13F3N4O. The van der Waals surface area contributed by atoms with Crippen LogP contribution < -0.4 is 5.32 Å². The fourth-order valence-electron chi connectivity index (χ4n) is 2.28. The molecule has 0 unspecified atom stereocenters. The van der Waals surface area contributed by atoms with Gasteiger partial charge in [0.15, 0.2) is 5.69 Å². The van der Waals surface area contributed by atoms with E-state index >= 15 is 0 Å². The van der Waals surface area contributed by atoms with Crippen LogP contribution in [0.25, 0.3) is 10.9 Å². The van der Waals surface area contributed by atoms with E-state index in [9.17, 15) is 18.0 Å². The van der Waals surface area contributed by atoms with Crippen LogP contribution in [0.2, 0.25) is 0 Å². The van der Waals surface area contributed by atoms with E-state index in [-0.39, 0.29) is 12.2 Å². The highest BCUT2D eigenvalue weighted by molar-refractivity contribution is 5.92. The normalized spacial score (nSPS) is 11.7.